The zero-order valence-corrected chi connectivity index (χ0v) is 13.2. The summed E-state index contributed by atoms with van der Waals surface area (Å²) < 4.78 is 23.5. The summed E-state index contributed by atoms with van der Waals surface area (Å²) in [5, 5.41) is 3.62. The summed E-state index contributed by atoms with van der Waals surface area (Å²) in [5.41, 5.74) is 0.971. The van der Waals surface area contributed by atoms with Crippen LogP contribution in [-0.2, 0) is 9.84 Å². The van der Waals surface area contributed by atoms with Crippen LogP contribution in [0.5, 0.6) is 0 Å². The minimum absolute atomic E-state index is 0.245. The molecule has 1 saturated heterocycles. The minimum Gasteiger partial charge on any atom is -0.304 e. The van der Waals surface area contributed by atoms with E-state index in [9.17, 15) is 8.42 Å². The van der Waals surface area contributed by atoms with Crippen molar-refractivity contribution in [1.82, 2.24) is 5.32 Å². The van der Waals surface area contributed by atoms with Crippen LogP contribution < -0.4 is 5.32 Å². The highest BCUT2D eigenvalue weighted by molar-refractivity contribution is 7.91. The molecule has 0 saturated carbocycles. The van der Waals surface area contributed by atoms with Gasteiger partial charge in [0.15, 0.2) is 9.84 Å². The van der Waals surface area contributed by atoms with Gasteiger partial charge < -0.3 is 5.32 Å². The molecule has 0 aliphatic carbocycles. The molecule has 2 unspecified atom stereocenters. The summed E-state index contributed by atoms with van der Waals surface area (Å²) in [4.78, 5) is 0. The lowest BCUT2D eigenvalue weighted by molar-refractivity contribution is 0.327. The third-order valence-electron chi connectivity index (χ3n) is 4.07. The van der Waals surface area contributed by atoms with E-state index < -0.39 is 9.84 Å². The van der Waals surface area contributed by atoms with Crippen molar-refractivity contribution in [1.29, 1.82) is 0 Å². The molecule has 20 heavy (non-hydrogen) atoms. The summed E-state index contributed by atoms with van der Waals surface area (Å²) in [6.07, 6.45) is 4.07. The largest absolute Gasteiger partial charge is 0.304 e. The van der Waals surface area contributed by atoms with Crippen molar-refractivity contribution in [3.05, 3.63) is 35.9 Å². The maximum Gasteiger partial charge on any atom is 0.152 e. The van der Waals surface area contributed by atoms with E-state index in [1.807, 2.05) is 25.1 Å². The van der Waals surface area contributed by atoms with Crippen molar-refractivity contribution in [2.24, 2.45) is 0 Å². The molecule has 0 amide bonds. The Balaban J connectivity index is 2.12. The second kappa shape index (κ2) is 6.27. The monoisotopic (exact) mass is 295 g/mol. The highest BCUT2D eigenvalue weighted by atomic mass is 32.2. The number of benzene rings is 1. The fourth-order valence-corrected chi connectivity index (χ4v) is 5.06. The fraction of sp³-hybridized carbons (Fsp3) is 0.625. The third-order valence-corrected chi connectivity index (χ3v) is 5.98. The maximum absolute atomic E-state index is 11.7. The zero-order valence-electron chi connectivity index (χ0n) is 12.4. The second-order valence-corrected chi connectivity index (χ2v) is 8.34. The molecule has 1 fully saturated rings. The highest BCUT2D eigenvalue weighted by Crippen LogP contribution is 2.29. The van der Waals surface area contributed by atoms with Gasteiger partial charge in [0, 0.05) is 11.6 Å². The standard InChI is InChI=1S/C16H25NO2S/c1-3-4-10-15(14-8-6-5-7-9-14)17-16(2)11-12-20(18,19)13-16/h5-9,15,17H,3-4,10-13H2,1-2H3. The summed E-state index contributed by atoms with van der Waals surface area (Å²) in [6, 6.07) is 10.6. The Morgan fingerprint density at radius 2 is 2.00 bits per heavy atom. The molecular weight excluding hydrogens is 270 g/mol. The van der Waals surface area contributed by atoms with Crippen molar-refractivity contribution < 1.29 is 8.42 Å². The molecular formula is C16H25NO2S. The van der Waals surface area contributed by atoms with Crippen LogP contribution in [0.25, 0.3) is 0 Å². The lowest BCUT2D eigenvalue weighted by atomic mass is 9.95. The van der Waals surface area contributed by atoms with Crippen molar-refractivity contribution in [3.63, 3.8) is 0 Å². The molecule has 1 aliphatic heterocycles. The molecule has 1 heterocycles. The van der Waals surface area contributed by atoms with Crippen LogP contribution in [0.2, 0.25) is 0 Å². The summed E-state index contributed by atoms with van der Waals surface area (Å²) >= 11 is 0. The molecule has 0 aromatic heterocycles. The van der Waals surface area contributed by atoms with Gasteiger partial charge in [0.05, 0.1) is 11.5 Å². The minimum atomic E-state index is -2.86. The topological polar surface area (TPSA) is 46.2 Å². The number of rotatable bonds is 6. The summed E-state index contributed by atoms with van der Waals surface area (Å²) in [7, 11) is -2.86. The molecule has 1 aliphatic rings. The molecule has 2 atom stereocenters. The Bertz CT molecular complexity index is 527. The van der Waals surface area contributed by atoms with E-state index in [-0.39, 0.29) is 17.3 Å². The average molecular weight is 295 g/mol. The molecule has 3 nitrogen and oxygen atoms in total. The molecule has 0 bridgehead atoms. The first-order valence-corrected chi connectivity index (χ1v) is 9.29. The molecule has 0 radical (unpaired) electrons. The summed E-state index contributed by atoms with van der Waals surface area (Å²) in [6.45, 7) is 4.23. The molecule has 0 spiro atoms. The number of hydrogen-bond acceptors (Lipinski definition) is 3. The van der Waals surface area contributed by atoms with Crippen molar-refractivity contribution >= 4 is 9.84 Å². The quantitative estimate of drug-likeness (QED) is 0.877. The third kappa shape index (κ3) is 4.06. The first-order valence-electron chi connectivity index (χ1n) is 7.47. The van der Waals surface area contributed by atoms with Gasteiger partial charge in [-0.25, -0.2) is 8.42 Å². The number of unbranched alkanes of at least 4 members (excludes halogenated alkanes) is 1. The smallest absolute Gasteiger partial charge is 0.152 e. The molecule has 1 aromatic rings. The predicted octanol–water partition coefficient (Wildman–Crippen LogP) is 3.08. The van der Waals surface area contributed by atoms with Crippen LogP contribution in [0.3, 0.4) is 0 Å². The van der Waals surface area contributed by atoms with Gasteiger partial charge in [-0.05, 0) is 25.3 Å². The first kappa shape index (κ1) is 15.5. The highest BCUT2D eigenvalue weighted by Gasteiger charge is 2.39. The first-order chi connectivity index (χ1) is 9.44. The summed E-state index contributed by atoms with van der Waals surface area (Å²) in [5.74, 6) is 0.571. The van der Waals surface area contributed by atoms with Crippen LogP contribution in [0.15, 0.2) is 30.3 Å². The number of hydrogen-bond donors (Lipinski definition) is 1. The molecule has 1 N–H and O–H groups in total. The normalized spacial score (nSPS) is 26.5. The Morgan fingerprint density at radius 3 is 2.55 bits per heavy atom. The van der Waals surface area contributed by atoms with Gasteiger partial charge >= 0.3 is 0 Å². The average Bonchev–Trinajstić information content (AvgIpc) is 2.70. The van der Waals surface area contributed by atoms with Crippen molar-refractivity contribution in [3.8, 4) is 0 Å². The second-order valence-electron chi connectivity index (χ2n) is 6.15. The van der Waals surface area contributed by atoms with E-state index in [1.165, 1.54) is 5.56 Å². The fourth-order valence-electron chi connectivity index (χ4n) is 2.96. The Hall–Kier alpha value is -0.870. The van der Waals surface area contributed by atoms with E-state index in [0.29, 0.717) is 12.2 Å². The zero-order chi connectivity index (χ0) is 14.6. The van der Waals surface area contributed by atoms with Crippen molar-refractivity contribution in [2.45, 2.75) is 51.1 Å². The Morgan fingerprint density at radius 1 is 1.30 bits per heavy atom. The van der Waals surface area contributed by atoms with Gasteiger partial charge in [0.25, 0.3) is 0 Å². The predicted molar refractivity (Wildman–Crippen MR) is 83.5 cm³/mol. The van der Waals surface area contributed by atoms with E-state index in [1.54, 1.807) is 0 Å². The Kier molecular flexibility index (Phi) is 4.86. The van der Waals surface area contributed by atoms with E-state index >= 15 is 0 Å². The molecule has 1 aromatic carbocycles. The molecule has 4 heteroatoms. The number of nitrogens with one attached hydrogen (secondary N) is 1. The van der Waals surface area contributed by atoms with E-state index in [4.69, 9.17) is 0 Å². The van der Waals surface area contributed by atoms with Gasteiger partial charge in [-0.3, -0.25) is 0 Å². The number of sulfone groups is 1. The molecule has 2 rings (SSSR count). The van der Waals surface area contributed by atoms with Gasteiger partial charge in [-0.15, -0.1) is 0 Å². The van der Waals surface area contributed by atoms with Crippen LogP contribution >= 0.6 is 0 Å². The van der Waals surface area contributed by atoms with Crippen LogP contribution in [0.4, 0.5) is 0 Å². The van der Waals surface area contributed by atoms with Crippen LogP contribution in [-0.4, -0.2) is 25.5 Å². The van der Waals surface area contributed by atoms with E-state index in [2.05, 4.69) is 24.4 Å². The van der Waals surface area contributed by atoms with Crippen LogP contribution in [0, 0.1) is 0 Å². The van der Waals surface area contributed by atoms with E-state index in [0.717, 1.165) is 19.3 Å². The molecule has 112 valence electrons. The van der Waals surface area contributed by atoms with Gasteiger partial charge in [0.1, 0.15) is 0 Å². The van der Waals surface area contributed by atoms with Gasteiger partial charge in [-0.1, -0.05) is 50.1 Å². The lowest BCUT2D eigenvalue weighted by Gasteiger charge is -2.31. The van der Waals surface area contributed by atoms with Gasteiger partial charge in [-0.2, -0.15) is 0 Å². The maximum atomic E-state index is 11.7. The van der Waals surface area contributed by atoms with Crippen molar-refractivity contribution in [2.75, 3.05) is 11.5 Å². The SMILES string of the molecule is CCCCC(NC1(C)CCS(=O)(=O)C1)c1ccccc1. The van der Waals surface area contributed by atoms with Crippen LogP contribution in [0.1, 0.15) is 51.1 Å². The van der Waals surface area contributed by atoms with Gasteiger partial charge in [0.2, 0.25) is 0 Å². The lowest BCUT2D eigenvalue weighted by Crippen LogP contribution is -2.45. The Labute approximate surface area is 122 Å².